The molecule has 0 amide bonds. The highest BCUT2D eigenvalue weighted by Gasteiger charge is 2.55. The predicted octanol–water partition coefficient (Wildman–Crippen LogP) is 1.92. The Morgan fingerprint density at radius 3 is 2.79 bits per heavy atom. The fourth-order valence-corrected chi connectivity index (χ4v) is 3.82. The summed E-state index contributed by atoms with van der Waals surface area (Å²) in [4.78, 5) is 28.5. The molecule has 0 aromatic carbocycles. The van der Waals surface area contributed by atoms with E-state index in [1.165, 1.54) is 0 Å². The van der Waals surface area contributed by atoms with E-state index in [4.69, 9.17) is 4.74 Å². The van der Waals surface area contributed by atoms with E-state index in [0.29, 0.717) is 17.9 Å². The number of Topliss-reactive ketones (excluding diaryl/α,β-unsaturated/α-hetero) is 2. The minimum Gasteiger partial charge on any atom is -0.481 e. The number of nitrogens with zero attached hydrogens (tertiary/aromatic N) is 1. The van der Waals surface area contributed by atoms with E-state index in [0.717, 1.165) is 5.69 Å². The smallest absolute Gasteiger partial charge is 0.213 e. The van der Waals surface area contributed by atoms with Crippen LogP contribution in [0, 0.1) is 23.7 Å². The van der Waals surface area contributed by atoms with Gasteiger partial charge in [-0.3, -0.25) is 9.59 Å². The van der Waals surface area contributed by atoms with Gasteiger partial charge in [-0.25, -0.2) is 4.98 Å². The molecular weight excluding hydrogens is 242 g/mol. The number of rotatable bonds is 2. The monoisotopic (exact) mass is 259 g/mol. The predicted molar refractivity (Wildman–Crippen MR) is 69.1 cm³/mol. The summed E-state index contributed by atoms with van der Waals surface area (Å²) in [5.41, 5.74) is 1.49. The molecule has 0 radical (unpaired) electrons. The summed E-state index contributed by atoms with van der Waals surface area (Å²) in [6.45, 7) is 3.63. The Bertz CT molecular complexity index is 567. The van der Waals surface area contributed by atoms with Crippen molar-refractivity contribution >= 4 is 11.6 Å². The molecule has 2 aliphatic carbocycles. The van der Waals surface area contributed by atoms with Crippen LogP contribution in [0.5, 0.6) is 5.88 Å². The summed E-state index contributed by atoms with van der Waals surface area (Å²) in [5, 5.41) is 0. The van der Waals surface area contributed by atoms with E-state index in [-0.39, 0.29) is 35.2 Å². The lowest BCUT2D eigenvalue weighted by atomic mass is 9.51. The molecule has 1 aromatic rings. The average Bonchev–Trinajstić information content (AvgIpc) is 2.36. The second-order valence-electron chi connectivity index (χ2n) is 5.60. The molecule has 0 N–H and O–H groups in total. The van der Waals surface area contributed by atoms with Gasteiger partial charge in [0.1, 0.15) is 5.78 Å². The molecule has 4 nitrogen and oxygen atoms in total. The fourth-order valence-electron chi connectivity index (χ4n) is 3.82. The van der Waals surface area contributed by atoms with Gasteiger partial charge in [0.15, 0.2) is 5.78 Å². The van der Waals surface area contributed by atoms with Gasteiger partial charge in [0.2, 0.25) is 5.88 Å². The Balaban J connectivity index is 1.99. The maximum atomic E-state index is 12.5. The fraction of sp³-hybridized carbons (Fsp3) is 0.533. The van der Waals surface area contributed by atoms with Gasteiger partial charge in [-0.1, -0.05) is 6.92 Å². The van der Waals surface area contributed by atoms with E-state index in [1.807, 2.05) is 6.92 Å². The lowest BCUT2D eigenvalue weighted by Crippen LogP contribution is -2.55. The maximum Gasteiger partial charge on any atom is 0.213 e. The standard InChI is InChI=1S/C15H17NO3/c1-7-13(8(2)17)10-6-11-9(15(18)14(7)10)4-5-12(16-11)19-3/h4-5,7,10,13-14H,6H2,1-3H3/t7-,10-,13+,14+/m1/s1. The number of hydrogen-bond donors (Lipinski definition) is 0. The summed E-state index contributed by atoms with van der Waals surface area (Å²) >= 11 is 0. The number of pyridine rings is 1. The molecule has 3 rings (SSSR count). The Kier molecular flexibility index (Phi) is 2.69. The number of aromatic nitrogens is 1. The van der Waals surface area contributed by atoms with Crippen LogP contribution in [-0.2, 0) is 11.2 Å². The van der Waals surface area contributed by atoms with Crippen LogP contribution < -0.4 is 4.74 Å². The van der Waals surface area contributed by atoms with Crippen LogP contribution in [-0.4, -0.2) is 23.7 Å². The number of carbonyl (C=O) groups excluding carboxylic acids is 2. The highest BCUT2D eigenvalue weighted by molar-refractivity contribution is 6.02. The zero-order valence-electron chi connectivity index (χ0n) is 11.3. The molecular formula is C15H17NO3. The second kappa shape index (κ2) is 4.15. The first-order chi connectivity index (χ1) is 9.04. The molecule has 0 aliphatic heterocycles. The van der Waals surface area contributed by atoms with Gasteiger partial charge in [-0.05, 0) is 31.2 Å². The van der Waals surface area contributed by atoms with Crippen molar-refractivity contribution < 1.29 is 14.3 Å². The van der Waals surface area contributed by atoms with Gasteiger partial charge in [0.05, 0.1) is 12.8 Å². The zero-order valence-corrected chi connectivity index (χ0v) is 11.3. The third kappa shape index (κ3) is 1.62. The second-order valence-corrected chi connectivity index (χ2v) is 5.60. The molecule has 2 aliphatic rings. The molecule has 4 atom stereocenters. The number of methoxy groups -OCH3 is 1. The van der Waals surface area contributed by atoms with Crippen LogP contribution in [0.4, 0.5) is 0 Å². The van der Waals surface area contributed by atoms with Crippen molar-refractivity contribution in [3.63, 3.8) is 0 Å². The van der Waals surface area contributed by atoms with Crippen molar-refractivity contribution in [1.82, 2.24) is 4.98 Å². The number of carbonyl (C=O) groups is 2. The normalized spacial score (nSPS) is 32.1. The van der Waals surface area contributed by atoms with Gasteiger partial charge < -0.3 is 4.74 Å². The van der Waals surface area contributed by atoms with E-state index in [2.05, 4.69) is 4.98 Å². The van der Waals surface area contributed by atoms with Crippen LogP contribution in [0.1, 0.15) is 29.9 Å². The summed E-state index contributed by atoms with van der Waals surface area (Å²) in [5.74, 6) is 1.15. The third-order valence-electron chi connectivity index (χ3n) is 4.68. The molecule has 19 heavy (non-hydrogen) atoms. The van der Waals surface area contributed by atoms with Gasteiger partial charge >= 0.3 is 0 Å². The molecule has 4 heteroatoms. The quantitative estimate of drug-likeness (QED) is 0.814. The third-order valence-corrected chi connectivity index (χ3v) is 4.68. The van der Waals surface area contributed by atoms with Gasteiger partial charge in [-0.2, -0.15) is 0 Å². The van der Waals surface area contributed by atoms with Crippen LogP contribution in [0.25, 0.3) is 0 Å². The lowest BCUT2D eigenvalue weighted by Gasteiger charge is -2.51. The first kappa shape index (κ1) is 12.3. The van der Waals surface area contributed by atoms with Crippen LogP contribution >= 0.6 is 0 Å². The van der Waals surface area contributed by atoms with E-state index >= 15 is 0 Å². The lowest BCUT2D eigenvalue weighted by molar-refractivity contribution is -0.133. The molecule has 100 valence electrons. The highest BCUT2D eigenvalue weighted by Crippen LogP contribution is 2.52. The van der Waals surface area contributed by atoms with Gasteiger partial charge in [-0.15, -0.1) is 0 Å². The molecule has 0 saturated heterocycles. The van der Waals surface area contributed by atoms with Crippen LogP contribution in [0.15, 0.2) is 12.1 Å². The van der Waals surface area contributed by atoms with E-state index in [1.54, 1.807) is 26.2 Å². The summed E-state index contributed by atoms with van der Waals surface area (Å²) < 4.78 is 5.10. The van der Waals surface area contributed by atoms with Crippen LogP contribution in [0.2, 0.25) is 0 Å². The van der Waals surface area contributed by atoms with E-state index in [9.17, 15) is 9.59 Å². The molecule has 1 fully saturated rings. The molecule has 1 heterocycles. The van der Waals surface area contributed by atoms with Crippen molar-refractivity contribution in [3.8, 4) is 5.88 Å². The summed E-state index contributed by atoms with van der Waals surface area (Å²) in [7, 11) is 1.56. The van der Waals surface area contributed by atoms with Crippen LogP contribution in [0.3, 0.4) is 0 Å². The maximum absolute atomic E-state index is 12.5. The SMILES string of the molecule is COc1ccc2c(n1)C[C@@H]1[C@H](C(C)=O)[C@@H](C)[C@@H]1C2=O. The minimum atomic E-state index is -0.00315. The molecule has 1 aromatic heterocycles. The van der Waals surface area contributed by atoms with Crippen molar-refractivity contribution in [2.45, 2.75) is 20.3 Å². The Morgan fingerprint density at radius 2 is 2.16 bits per heavy atom. The Morgan fingerprint density at radius 1 is 1.42 bits per heavy atom. The summed E-state index contributed by atoms with van der Waals surface area (Å²) in [6, 6.07) is 3.52. The zero-order chi connectivity index (χ0) is 13.7. The molecule has 0 bridgehead atoms. The largest absolute Gasteiger partial charge is 0.481 e. The molecule has 0 unspecified atom stereocenters. The number of hydrogen-bond acceptors (Lipinski definition) is 4. The van der Waals surface area contributed by atoms with E-state index < -0.39 is 0 Å². The number of fused-ring (bicyclic) bond motifs is 2. The topological polar surface area (TPSA) is 56.3 Å². The molecule has 0 spiro atoms. The summed E-state index contributed by atoms with van der Waals surface area (Å²) in [6.07, 6.45) is 0.706. The first-order valence-electron chi connectivity index (χ1n) is 6.63. The molecule has 1 saturated carbocycles. The Hall–Kier alpha value is -1.71. The first-order valence-corrected chi connectivity index (χ1v) is 6.63. The van der Waals surface area contributed by atoms with Crippen molar-refractivity contribution in [2.75, 3.05) is 7.11 Å². The van der Waals surface area contributed by atoms with Gasteiger partial charge in [0, 0.05) is 23.5 Å². The van der Waals surface area contributed by atoms with Crippen molar-refractivity contribution in [2.24, 2.45) is 23.7 Å². The van der Waals surface area contributed by atoms with Crippen molar-refractivity contribution in [1.29, 1.82) is 0 Å². The highest BCUT2D eigenvalue weighted by atomic mass is 16.5. The number of ketones is 2. The minimum absolute atomic E-state index is 0.00315. The average molecular weight is 259 g/mol. The van der Waals surface area contributed by atoms with Gasteiger partial charge in [0.25, 0.3) is 0 Å². The number of ether oxygens (including phenoxy) is 1. The Labute approximate surface area is 112 Å². The van der Waals surface area contributed by atoms with Crippen molar-refractivity contribution in [3.05, 3.63) is 23.4 Å².